The summed E-state index contributed by atoms with van der Waals surface area (Å²) < 4.78 is 19.0. The summed E-state index contributed by atoms with van der Waals surface area (Å²) >= 11 is 0. The highest BCUT2D eigenvalue weighted by Gasteiger charge is 2.05. The van der Waals surface area contributed by atoms with E-state index >= 15 is 0 Å². The summed E-state index contributed by atoms with van der Waals surface area (Å²) in [7, 11) is 0. The van der Waals surface area contributed by atoms with E-state index < -0.39 is 0 Å². The molecule has 0 atom stereocenters. The van der Waals surface area contributed by atoms with Crippen molar-refractivity contribution < 1.29 is 9.13 Å². The Bertz CT molecular complexity index is 540. The highest BCUT2D eigenvalue weighted by atomic mass is 19.1. The summed E-state index contributed by atoms with van der Waals surface area (Å²) in [5.74, 6) is -0.0624. The zero-order chi connectivity index (χ0) is 13.0. The third-order valence-electron chi connectivity index (χ3n) is 2.81. The lowest BCUT2D eigenvalue weighted by Gasteiger charge is -2.11. The van der Waals surface area contributed by atoms with Crippen LogP contribution in [0.2, 0.25) is 0 Å². The summed E-state index contributed by atoms with van der Waals surface area (Å²) in [6, 6.07) is 12.6. The van der Waals surface area contributed by atoms with Crippen molar-refractivity contribution in [3.8, 4) is 5.75 Å². The van der Waals surface area contributed by atoms with Crippen LogP contribution in [0.4, 0.5) is 4.39 Å². The Hall–Kier alpha value is -1.87. The standard InChI is InChI=1S/C15H16FNO/c1-11-6-7-14(16)15(8-11)18-10-13-5-3-2-4-12(13)9-17/h2-8H,9-10,17H2,1H3. The molecule has 0 fully saturated rings. The van der Waals surface area contributed by atoms with Gasteiger partial charge in [-0.25, -0.2) is 4.39 Å². The molecule has 0 aliphatic rings. The van der Waals surface area contributed by atoms with Gasteiger partial charge in [-0.3, -0.25) is 0 Å². The number of hydrogen-bond donors (Lipinski definition) is 1. The number of ether oxygens (including phenoxy) is 1. The number of rotatable bonds is 4. The Morgan fingerprint density at radius 1 is 1.11 bits per heavy atom. The van der Waals surface area contributed by atoms with Gasteiger partial charge < -0.3 is 10.5 Å². The third kappa shape index (κ3) is 2.87. The molecule has 0 amide bonds. The molecule has 0 saturated heterocycles. The van der Waals surface area contributed by atoms with Crippen LogP contribution in [0, 0.1) is 12.7 Å². The van der Waals surface area contributed by atoms with Crippen molar-refractivity contribution in [2.45, 2.75) is 20.1 Å². The van der Waals surface area contributed by atoms with E-state index in [4.69, 9.17) is 10.5 Å². The lowest BCUT2D eigenvalue weighted by atomic mass is 10.1. The lowest BCUT2D eigenvalue weighted by Crippen LogP contribution is -2.05. The molecule has 2 rings (SSSR count). The summed E-state index contributed by atoms with van der Waals surface area (Å²) in [5.41, 5.74) is 8.62. The Morgan fingerprint density at radius 2 is 1.83 bits per heavy atom. The van der Waals surface area contributed by atoms with Gasteiger partial charge in [0, 0.05) is 6.54 Å². The zero-order valence-corrected chi connectivity index (χ0v) is 10.3. The van der Waals surface area contributed by atoms with Crippen LogP contribution in [0.1, 0.15) is 16.7 Å². The second kappa shape index (κ2) is 5.65. The molecule has 0 bridgehead atoms. The number of aryl methyl sites for hydroxylation is 1. The van der Waals surface area contributed by atoms with Crippen molar-refractivity contribution in [1.82, 2.24) is 0 Å². The minimum Gasteiger partial charge on any atom is -0.486 e. The maximum Gasteiger partial charge on any atom is 0.165 e. The molecule has 2 aromatic rings. The van der Waals surface area contributed by atoms with Gasteiger partial charge in [0.05, 0.1) is 0 Å². The predicted octanol–water partition coefficient (Wildman–Crippen LogP) is 3.17. The van der Waals surface area contributed by atoms with E-state index in [9.17, 15) is 4.39 Å². The van der Waals surface area contributed by atoms with Gasteiger partial charge in [-0.05, 0) is 35.7 Å². The van der Waals surface area contributed by atoms with Gasteiger partial charge in [-0.15, -0.1) is 0 Å². The monoisotopic (exact) mass is 245 g/mol. The van der Waals surface area contributed by atoms with Crippen molar-refractivity contribution in [2.24, 2.45) is 5.73 Å². The molecule has 0 heterocycles. The van der Waals surface area contributed by atoms with Gasteiger partial charge in [0.2, 0.25) is 0 Å². The Labute approximate surface area is 106 Å². The molecular weight excluding hydrogens is 229 g/mol. The lowest BCUT2D eigenvalue weighted by molar-refractivity contribution is 0.289. The molecular formula is C15H16FNO. The molecule has 3 heteroatoms. The van der Waals surface area contributed by atoms with Crippen molar-refractivity contribution in [3.63, 3.8) is 0 Å². The van der Waals surface area contributed by atoms with Gasteiger partial charge in [0.15, 0.2) is 11.6 Å². The van der Waals surface area contributed by atoms with Crippen LogP contribution in [-0.4, -0.2) is 0 Å². The smallest absolute Gasteiger partial charge is 0.165 e. The van der Waals surface area contributed by atoms with E-state index in [2.05, 4.69) is 0 Å². The van der Waals surface area contributed by atoms with Crippen LogP contribution >= 0.6 is 0 Å². The van der Waals surface area contributed by atoms with E-state index in [0.717, 1.165) is 16.7 Å². The van der Waals surface area contributed by atoms with Gasteiger partial charge in [0.1, 0.15) is 6.61 Å². The first-order valence-electron chi connectivity index (χ1n) is 5.86. The molecule has 0 radical (unpaired) electrons. The normalized spacial score (nSPS) is 10.4. The van der Waals surface area contributed by atoms with Crippen LogP contribution in [0.5, 0.6) is 5.75 Å². The fourth-order valence-electron chi connectivity index (χ4n) is 1.77. The van der Waals surface area contributed by atoms with Crippen LogP contribution < -0.4 is 10.5 Å². The van der Waals surface area contributed by atoms with Gasteiger partial charge >= 0.3 is 0 Å². The van der Waals surface area contributed by atoms with E-state index in [1.54, 1.807) is 12.1 Å². The second-order valence-corrected chi connectivity index (χ2v) is 4.20. The molecule has 2 nitrogen and oxygen atoms in total. The minimum atomic E-state index is -0.342. The second-order valence-electron chi connectivity index (χ2n) is 4.20. The Balaban J connectivity index is 2.14. The number of benzene rings is 2. The van der Waals surface area contributed by atoms with Gasteiger partial charge in [0.25, 0.3) is 0 Å². The van der Waals surface area contributed by atoms with Crippen LogP contribution in [0.3, 0.4) is 0 Å². The molecule has 94 valence electrons. The minimum absolute atomic E-state index is 0.279. The largest absolute Gasteiger partial charge is 0.486 e. The van der Waals surface area contributed by atoms with Crippen LogP contribution in [0.15, 0.2) is 42.5 Å². The topological polar surface area (TPSA) is 35.2 Å². The molecule has 0 aliphatic heterocycles. The number of nitrogens with two attached hydrogens (primary N) is 1. The molecule has 0 saturated carbocycles. The van der Waals surface area contributed by atoms with Gasteiger partial charge in [-0.1, -0.05) is 30.3 Å². The van der Waals surface area contributed by atoms with Gasteiger partial charge in [-0.2, -0.15) is 0 Å². The summed E-state index contributed by atoms with van der Waals surface area (Å²) in [5, 5.41) is 0. The van der Waals surface area contributed by atoms with E-state index in [1.165, 1.54) is 6.07 Å². The highest BCUT2D eigenvalue weighted by Crippen LogP contribution is 2.20. The quantitative estimate of drug-likeness (QED) is 0.898. The third-order valence-corrected chi connectivity index (χ3v) is 2.81. The fourth-order valence-corrected chi connectivity index (χ4v) is 1.77. The summed E-state index contributed by atoms with van der Waals surface area (Å²) in [4.78, 5) is 0. The van der Waals surface area contributed by atoms with E-state index in [0.29, 0.717) is 13.2 Å². The van der Waals surface area contributed by atoms with Crippen molar-refractivity contribution >= 4 is 0 Å². The van der Waals surface area contributed by atoms with E-state index in [-0.39, 0.29) is 11.6 Å². The Morgan fingerprint density at radius 3 is 2.56 bits per heavy atom. The SMILES string of the molecule is Cc1ccc(F)c(OCc2ccccc2CN)c1. The van der Waals surface area contributed by atoms with Crippen molar-refractivity contribution in [1.29, 1.82) is 0 Å². The fraction of sp³-hybridized carbons (Fsp3) is 0.200. The zero-order valence-electron chi connectivity index (χ0n) is 10.3. The number of halogens is 1. The average molecular weight is 245 g/mol. The predicted molar refractivity (Wildman–Crippen MR) is 69.8 cm³/mol. The molecule has 2 aromatic carbocycles. The van der Waals surface area contributed by atoms with Crippen LogP contribution in [0.25, 0.3) is 0 Å². The van der Waals surface area contributed by atoms with Crippen molar-refractivity contribution in [3.05, 3.63) is 65.0 Å². The molecule has 0 aliphatic carbocycles. The first-order chi connectivity index (χ1) is 8.70. The molecule has 2 N–H and O–H groups in total. The molecule has 0 unspecified atom stereocenters. The Kier molecular flexibility index (Phi) is 3.95. The first kappa shape index (κ1) is 12.6. The van der Waals surface area contributed by atoms with Crippen LogP contribution in [-0.2, 0) is 13.2 Å². The van der Waals surface area contributed by atoms with E-state index in [1.807, 2.05) is 31.2 Å². The molecule has 0 aromatic heterocycles. The van der Waals surface area contributed by atoms with Crippen molar-refractivity contribution in [2.75, 3.05) is 0 Å². The number of hydrogen-bond acceptors (Lipinski definition) is 2. The maximum atomic E-state index is 13.5. The molecule has 0 spiro atoms. The average Bonchev–Trinajstić information content (AvgIpc) is 2.40. The maximum absolute atomic E-state index is 13.5. The highest BCUT2D eigenvalue weighted by molar-refractivity contribution is 5.31. The first-order valence-corrected chi connectivity index (χ1v) is 5.86. The molecule has 18 heavy (non-hydrogen) atoms. The summed E-state index contributed by atoms with van der Waals surface area (Å²) in [6.07, 6.45) is 0. The summed E-state index contributed by atoms with van der Waals surface area (Å²) in [6.45, 7) is 2.68.